The van der Waals surface area contributed by atoms with Gasteiger partial charge in [0.1, 0.15) is 22.5 Å². The van der Waals surface area contributed by atoms with Gasteiger partial charge in [-0.05, 0) is 81.8 Å². The van der Waals surface area contributed by atoms with E-state index in [1.807, 2.05) is 61.5 Å². The number of para-hydroxylation sites is 3. The first kappa shape index (κ1) is 30.6. The largest absolute Gasteiger partial charge is 0.456 e. The van der Waals surface area contributed by atoms with Crippen molar-refractivity contribution >= 4 is 44.3 Å². The molecule has 254 valence electrons. The molecule has 9 aromatic rings. The van der Waals surface area contributed by atoms with E-state index in [1.54, 1.807) is 0 Å². The Hall–Kier alpha value is -6.97. The number of carbonyl (C=O) groups is 1. The number of carbonyl (C=O) groups excluding carboxylic acids is 1. The second-order valence-electron chi connectivity index (χ2n) is 14.2. The van der Waals surface area contributed by atoms with E-state index in [2.05, 4.69) is 121 Å². The number of hydrogen-bond donors (Lipinski definition) is 0. The molecule has 3 nitrogen and oxygen atoms in total. The van der Waals surface area contributed by atoms with Crippen LogP contribution in [0.2, 0.25) is 0 Å². The predicted octanol–water partition coefficient (Wildman–Crippen LogP) is 12.9. The Labute approximate surface area is 312 Å². The van der Waals surface area contributed by atoms with Crippen LogP contribution >= 0.6 is 0 Å². The van der Waals surface area contributed by atoms with Crippen molar-refractivity contribution in [3.8, 4) is 22.3 Å². The lowest BCUT2D eigenvalue weighted by Crippen LogP contribution is -2.36. The summed E-state index contributed by atoms with van der Waals surface area (Å²) in [5, 5.41) is 3.20. The maximum absolute atomic E-state index is 15.0. The van der Waals surface area contributed by atoms with Crippen molar-refractivity contribution < 1.29 is 13.6 Å². The minimum Gasteiger partial charge on any atom is -0.456 e. The summed E-state index contributed by atoms with van der Waals surface area (Å²) in [7, 11) is 0. The lowest BCUT2D eigenvalue weighted by Gasteiger charge is -2.40. The van der Waals surface area contributed by atoms with Crippen LogP contribution in [0.1, 0.15) is 56.4 Å². The molecule has 54 heavy (non-hydrogen) atoms. The van der Waals surface area contributed by atoms with Gasteiger partial charge in [0.15, 0.2) is 5.78 Å². The molecule has 0 aliphatic heterocycles. The molecule has 2 aliphatic rings. The Kier molecular flexibility index (Phi) is 6.53. The van der Waals surface area contributed by atoms with E-state index in [0.29, 0.717) is 11.1 Å². The fourth-order valence-corrected chi connectivity index (χ4v) is 9.15. The Bertz CT molecular complexity index is 3010. The van der Waals surface area contributed by atoms with E-state index in [0.717, 1.165) is 72.1 Å². The van der Waals surface area contributed by atoms with Crippen LogP contribution in [0.3, 0.4) is 0 Å². The van der Waals surface area contributed by atoms with Gasteiger partial charge in [-0.3, -0.25) is 4.79 Å². The predicted molar refractivity (Wildman–Crippen MR) is 218 cm³/mol. The summed E-state index contributed by atoms with van der Waals surface area (Å²) < 4.78 is 12.9. The summed E-state index contributed by atoms with van der Waals surface area (Å²) in [6.45, 7) is 2.00. The second kappa shape index (κ2) is 11.5. The molecule has 0 unspecified atom stereocenters. The molecule has 2 heterocycles. The summed E-state index contributed by atoms with van der Waals surface area (Å²) in [6.07, 6.45) is 6.10. The number of allylic oxidation sites excluding steroid dienone is 3. The van der Waals surface area contributed by atoms with E-state index >= 15 is 4.79 Å². The number of benzene rings is 7. The van der Waals surface area contributed by atoms with Crippen molar-refractivity contribution in [2.75, 3.05) is 0 Å². The van der Waals surface area contributed by atoms with Gasteiger partial charge >= 0.3 is 0 Å². The van der Waals surface area contributed by atoms with Gasteiger partial charge in [-0.2, -0.15) is 0 Å². The summed E-state index contributed by atoms with van der Waals surface area (Å²) in [4.78, 5) is 15.0. The highest BCUT2D eigenvalue weighted by Gasteiger charge is 2.51. The van der Waals surface area contributed by atoms with E-state index in [1.165, 1.54) is 22.3 Å². The third kappa shape index (κ3) is 4.15. The number of hydrogen-bond acceptors (Lipinski definition) is 3. The third-order valence-electron chi connectivity index (χ3n) is 11.5. The fourth-order valence-electron chi connectivity index (χ4n) is 9.15. The number of rotatable bonds is 4. The van der Waals surface area contributed by atoms with Crippen LogP contribution < -0.4 is 0 Å². The molecule has 0 atom stereocenters. The van der Waals surface area contributed by atoms with Crippen molar-refractivity contribution in [1.29, 1.82) is 0 Å². The lowest BCUT2D eigenvalue weighted by atomic mass is 9.60. The first-order valence-corrected chi connectivity index (χ1v) is 18.4. The first-order valence-electron chi connectivity index (χ1n) is 18.4. The third-order valence-corrected chi connectivity index (χ3v) is 11.5. The van der Waals surface area contributed by atoms with Crippen LogP contribution in [0.5, 0.6) is 0 Å². The fraction of sp³-hybridized carbons (Fsp3) is 0.0392. The van der Waals surface area contributed by atoms with Crippen LogP contribution in [-0.2, 0) is 5.41 Å². The van der Waals surface area contributed by atoms with Crippen LogP contribution in [-0.4, -0.2) is 5.78 Å². The molecule has 0 amide bonds. The standard InChI is InChI=1S/C51H32O3/c1-2-3-14-34(48-30-33-13-4-10-22-46(33)53-48)31-25-27-44-41(28-31)49(52)40-26-24-32(35-18-12-19-39-38-17-7-11-23-47(38)54-50(35)39)29-45(40)51(44)42-20-8-5-15-36(42)37-16-6-9-21-43(37)51/h2-30H,1H3/b3-2-,34-14-. The van der Waals surface area contributed by atoms with Gasteiger partial charge in [-0.1, -0.05) is 146 Å². The first-order chi connectivity index (χ1) is 26.6. The molecule has 7 aromatic carbocycles. The minimum absolute atomic E-state index is 0.0119. The monoisotopic (exact) mass is 692 g/mol. The van der Waals surface area contributed by atoms with E-state index in [4.69, 9.17) is 8.83 Å². The summed E-state index contributed by atoms with van der Waals surface area (Å²) in [5.41, 5.74) is 13.7. The molecular weight excluding hydrogens is 661 g/mol. The van der Waals surface area contributed by atoms with Crippen LogP contribution in [0.25, 0.3) is 60.7 Å². The zero-order valence-corrected chi connectivity index (χ0v) is 29.5. The molecule has 1 spiro atoms. The molecule has 0 saturated carbocycles. The lowest BCUT2D eigenvalue weighted by molar-refractivity contribution is 0.103. The van der Waals surface area contributed by atoms with Gasteiger partial charge in [0.2, 0.25) is 0 Å². The maximum Gasteiger partial charge on any atom is 0.193 e. The zero-order valence-electron chi connectivity index (χ0n) is 29.5. The smallest absolute Gasteiger partial charge is 0.193 e. The van der Waals surface area contributed by atoms with Crippen molar-refractivity contribution in [2.24, 2.45) is 0 Å². The highest BCUT2D eigenvalue weighted by atomic mass is 16.3. The van der Waals surface area contributed by atoms with E-state index in [-0.39, 0.29) is 5.78 Å². The van der Waals surface area contributed by atoms with Crippen molar-refractivity contribution in [3.63, 3.8) is 0 Å². The van der Waals surface area contributed by atoms with Gasteiger partial charge in [-0.15, -0.1) is 0 Å². The molecule has 2 aliphatic carbocycles. The quantitative estimate of drug-likeness (QED) is 0.172. The molecule has 2 aromatic heterocycles. The summed E-state index contributed by atoms with van der Waals surface area (Å²) in [5.74, 6) is 0.770. The van der Waals surface area contributed by atoms with Gasteiger partial charge in [0, 0.05) is 38.4 Å². The van der Waals surface area contributed by atoms with E-state index in [9.17, 15) is 0 Å². The molecular formula is C51H32O3. The minimum atomic E-state index is -0.728. The highest BCUT2D eigenvalue weighted by molar-refractivity contribution is 6.16. The van der Waals surface area contributed by atoms with Gasteiger partial charge < -0.3 is 8.83 Å². The molecule has 0 fully saturated rings. The van der Waals surface area contributed by atoms with Crippen molar-refractivity contribution in [1.82, 2.24) is 0 Å². The molecule has 0 radical (unpaired) electrons. The zero-order chi connectivity index (χ0) is 36.0. The Balaban J connectivity index is 1.18. The number of fused-ring (bicyclic) bond motifs is 13. The average molecular weight is 693 g/mol. The second-order valence-corrected chi connectivity index (χ2v) is 14.2. The topological polar surface area (TPSA) is 43.4 Å². The van der Waals surface area contributed by atoms with Crippen LogP contribution in [0, 0.1) is 0 Å². The highest BCUT2D eigenvalue weighted by Crippen LogP contribution is 2.60. The van der Waals surface area contributed by atoms with Crippen molar-refractivity contribution in [2.45, 2.75) is 12.3 Å². The van der Waals surface area contributed by atoms with E-state index < -0.39 is 5.41 Å². The van der Waals surface area contributed by atoms with Crippen LogP contribution in [0.4, 0.5) is 0 Å². The average Bonchev–Trinajstić information content (AvgIpc) is 3.91. The normalized spacial score (nSPS) is 14.2. The molecule has 11 rings (SSSR count). The molecule has 0 saturated heterocycles. The Morgan fingerprint density at radius 3 is 2.02 bits per heavy atom. The Morgan fingerprint density at radius 2 is 1.22 bits per heavy atom. The summed E-state index contributed by atoms with van der Waals surface area (Å²) in [6, 6.07) is 54.8. The van der Waals surface area contributed by atoms with Crippen LogP contribution in [0.15, 0.2) is 185 Å². The van der Waals surface area contributed by atoms with Gasteiger partial charge in [-0.25, -0.2) is 0 Å². The number of furan rings is 2. The molecule has 0 N–H and O–H groups in total. The molecule has 0 bridgehead atoms. The Morgan fingerprint density at radius 1 is 0.537 bits per heavy atom. The maximum atomic E-state index is 15.0. The van der Waals surface area contributed by atoms with Gasteiger partial charge in [0.25, 0.3) is 0 Å². The SMILES string of the molecule is C/C=C\C=C(\c1ccc2c(c1)C(=O)c1ccc(-c3cccc4c3oc3ccccc34)cc1C21c2ccccc2-c2ccccc21)c1cc2ccccc2o1. The van der Waals surface area contributed by atoms with Crippen molar-refractivity contribution in [3.05, 3.63) is 221 Å². The number of ketones is 1. The van der Waals surface area contributed by atoms with Gasteiger partial charge in [0.05, 0.1) is 5.41 Å². The molecule has 3 heteroatoms. The summed E-state index contributed by atoms with van der Waals surface area (Å²) >= 11 is 0.